The first-order chi connectivity index (χ1) is 27.7. The van der Waals surface area contributed by atoms with Gasteiger partial charge in [0, 0.05) is 88.0 Å². The van der Waals surface area contributed by atoms with Crippen LogP contribution in [0.5, 0.6) is 0 Å². The molecule has 0 saturated carbocycles. The number of rotatable bonds is 7. The van der Waals surface area contributed by atoms with Gasteiger partial charge in [0.15, 0.2) is 11.5 Å². The van der Waals surface area contributed by atoms with Gasteiger partial charge in [-0.05, 0) is 49.6 Å². The minimum absolute atomic E-state index is 0.0430. The van der Waals surface area contributed by atoms with Crippen molar-refractivity contribution in [2.45, 2.75) is 50.4 Å². The highest BCUT2D eigenvalue weighted by Crippen LogP contribution is 2.37. The molecule has 0 aliphatic carbocycles. The first-order valence-electron chi connectivity index (χ1n) is 19.3. The van der Waals surface area contributed by atoms with Crippen LogP contribution in [0.4, 0.5) is 17.2 Å². The van der Waals surface area contributed by atoms with Crippen molar-refractivity contribution in [3.8, 4) is 0 Å². The maximum Gasteiger partial charge on any atom is 0.273 e. The summed E-state index contributed by atoms with van der Waals surface area (Å²) in [6.45, 7) is 5.75. The molecule has 1 unspecified atom stereocenters. The lowest BCUT2D eigenvalue weighted by molar-refractivity contribution is -0.136. The molecule has 6 aliphatic rings. The van der Waals surface area contributed by atoms with Gasteiger partial charge in [0.25, 0.3) is 23.6 Å². The van der Waals surface area contributed by atoms with Crippen LogP contribution in [0.15, 0.2) is 48.9 Å². The van der Waals surface area contributed by atoms with Gasteiger partial charge in [-0.1, -0.05) is 0 Å². The Morgan fingerprint density at radius 3 is 2.46 bits per heavy atom. The number of nitrogens with zero attached hydrogens (tertiary/aromatic N) is 9. The van der Waals surface area contributed by atoms with Crippen molar-refractivity contribution in [2.24, 2.45) is 0 Å². The maximum absolute atomic E-state index is 14.0. The van der Waals surface area contributed by atoms with Gasteiger partial charge in [-0.2, -0.15) is 5.10 Å². The van der Waals surface area contributed by atoms with Crippen molar-refractivity contribution in [1.82, 2.24) is 39.6 Å². The number of anilines is 3. The average molecular weight is 774 g/mol. The van der Waals surface area contributed by atoms with Crippen LogP contribution in [0.2, 0.25) is 0 Å². The SMILES string of the molecule is O=C1CCC(N2C(=O)c3ccc(N4CC(N5CCC(N6Cc7cc(NC(=O)c8cnn9cccnc89)c(N8CCOCC8)nc7C6=O)CC5)C4)cc3C2=O)C(=O)N1. The number of fused-ring (bicyclic) bond motifs is 3. The second-order valence-corrected chi connectivity index (χ2v) is 15.3. The normalized spacial score (nSPS) is 22.0. The van der Waals surface area contributed by atoms with Crippen LogP contribution in [0.25, 0.3) is 5.65 Å². The van der Waals surface area contributed by atoms with Gasteiger partial charge >= 0.3 is 0 Å². The zero-order valence-corrected chi connectivity index (χ0v) is 30.9. The summed E-state index contributed by atoms with van der Waals surface area (Å²) in [6.07, 6.45) is 6.64. The van der Waals surface area contributed by atoms with Crippen LogP contribution in [-0.2, 0) is 20.9 Å². The number of hydrogen-bond donors (Lipinski definition) is 2. The van der Waals surface area contributed by atoms with E-state index in [0.717, 1.165) is 55.2 Å². The van der Waals surface area contributed by atoms with Crippen LogP contribution in [0, 0.1) is 0 Å². The van der Waals surface area contributed by atoms with Crippen LogP contribution >= 0.6 is 0 Å². The lowest BCUT2D eigenvalue weighted by Gasteiger charge is -2.49. The lowest BCUT2D eigenvalue weighted by Crippen LogP contribution is -2.62. The molecule has 2 N–H and O–H groups in total. The number of piperidine rings is 2. The van der Waals surface area contributed by atoms with Crippen molar-refractivity contribution in [3.63, 3.8) is 0 Å². The molecule has 9 heterocycles. The van der Waals surface area contributed by atoms with Gasteiger partial charge in [0.1, 0.15) is 17.3 Å². The summed E-state index contributed by atoms with van der Waals surface area (Å²) < 4.78 is 7.12. The van der Waals surface area contributed by atoms with E-state index < -0.39 is 29.7 Å². The Balaban J connectivity index is 0.782. The number of carbonyl (C=O) groups excluding carboxylic acids is 6. The van der Waals surface area contributed by atoms with Gasteiger partial charge in [0.05, 0.1) is 36.2 Å². The van der Waals surface area contributed by atoms with E-state index in [4.69, 9.17) is 9.72 Å². The summed E-state index contributed by atoms with van der Waals surface area (Å²) in [5, 5.41) is 9.53. The molecule has 18 nitrogen and oxygen atoms in total. The highest BCUT2D eigenvalue weighted by molar-refractivity contribution is 6.23. The van der Waals surface area contributed by atoms with Crippen LogP contribution < -0.4 is 20.4 Å². The highest BCUT2D eigenvalue weighted by Gasteiger charge is 2.46. The predicted molar refractivity (Wildman–Crippen MR) is 202 cm³/mol. The molecule has 1 atom stereocenters. The first kappa shape index (κ1) is 35.2. The fourth-order valence-electron chi connectivity index (χ4n) is 8.94. The smallest absolute Gasteiger partial charge is 0.273 e. The Morgan fingerprint density at radius 1 is 0.877 bits per heavy atom. The average Bonchev–Trinajstić information content (AvgIpc) is 3.86. The summed E-state index contributed by atoms with van der Waals surface area (Å²) in [5.74, 6) is -1.98. The molecule has 3 aromatic heterocycles. The van der Waals surface area contributed by atoms with Gasteiger partial charge in [-0.15, -0.1) is 0 Å². The van der Waals surface area contributed by atoms with Crippen LogP contribution in [0.1, 0.15) is 72.8 Å². The molecule has 4 fully saturated rings. The summed E-state index contributed by atoms with van der Waals surface area (Å²) in [5.41, 5.74) is 3.87. The Bertz CT molecular complexity index is 2380. The number of benzene rings is 1. The number of pyridine rings is 1. The number of carbonyl (C=O) groups is 6. The van der Waals surface area contributed by atoms with Crippen molar-refractivity contribution in [3.05, 3.63) is 76.9 Å². The van der Waals surface area contributed by atoms with E-state index in [0.29, 0.717) is 67.3 Å². The molecule has 0 radical (unpaired) electrons. The summed E-state index contributed by atoms with van der Waals surface area (Å²) in [6, 6.07) is 8.19. The number of hydrogen-bond acceptors (Lipinski definition) is 13. The second-order valence-electron chi connectivity index (χ2n) is 15.3. The van der Waals surface area contributed by atoms with E-state index in [2.05, 4.69) is 30.5 Å². The third-order valence-electron chi connectivity index (χ3n) is 12.1. The highest BCUT2D eigenvalue weighted by atomic mass is 16.5. The minimum atomic E-state index is -0.998. The number of imide groups is 2. The molecule has 1 aromatic carbocycles. The Hall–Kier alpha value is -6.27. The van der Waals surface area contributed by atoms with E-state index in [-0.39, 0.29) is 41.8 Å². The van der Waals surface area contributed by atoms with Crippen molar-refractivity contribution < 1.29 is 33.5 Å². The van der Waals surface area contributed by atoms with E-state index in [9.17, 15) is 28.8 Å². The topological polar surface area (TPSA) is 195 Å². The van der Waals surface area contributed by atoms with E-state index in [1.165, 1.54) is 6.20 Å². The van der Waals surface area contributed by atoms with Gasteiger partial charge in [0.2, 0.25) is 11.8 Å². The molecule has 10 rings (SSSR count). The molecule has 6 aliphatic heterocycles. The van der Waals surface area contributed by atoms with E-state index >= 15 is 0 Å². The molecule has 0 bridgehead atoms. The summed E-state index contributed by atoms with van der Waals surface area (Å²) in [4.78, 5) is 96.9. The Kier molecular flexibility index (Phi) is 8.47. The van der Waals surface area contributed by atoms with Crippen molar-refractivity contribution in [1.29, 1.82) is 0 Å². The number of morpholine rings is 1. The number of ether oxygens (including phenoxy) is 1. The lowest BCUT2D eigenvalue weighted by atomic mass is 9.97. The third-order valence-corrected chi connectivity index (χ3v) is 12.1. The zero-order chi connectivity index (χ0) is 38.9. The fourth-order valence-corrected chi connectivity index (χ4v) is 8.94. The molecule has 0 spiro atoms. The predicted octanol–water partition coefficient (Wildman–Crippen LogP) is 0.923. The second kappa shape index (κ2) is 13.7. The third kappa shape index (κ3) is 5.97. The van der Waals surface area contributed by atoms with E-state index in [1.807, 2.05) is 21.9 Å². The molecule has 18 heteroatoms. The Morgan fingerprint density at radius 2 is 1.67 bits per heavy atom. The number of likely N-dealkylation sites (tertiary alicyclic amines) is 1. The fraction of sp³-hybridized carbons (Fsp3) is 0.410. The summed E-state index contributed by atoms with van der Waals surface area (Å²) >= 11 is 0. The first-order valence-corrected chi connectivity index (χ1v) is 19.3. The van der Waals surface area contributed by atoms with Crippen molar-refractivity contribution >= 4 is 58.3 Å². The minimum Gasteiger partial charge on any atom is -0.378 e. The zero-order valence-electron chi connectivity index (χ0n) is 30.9. The quantitative estimate of drug-likeness (QED) is 0.252. The van der Waals surface area contributed by atoms with Crippen molar-refractivity contribution in [2.75, 3.05) is 67.6 Å². The number of nitrogens with one attached hydrogen (secondary N) is 2. The molecule has 4 saturated heterocycles. The number of aromatic nitrogens is 4. The standard InChI is InChI=1S/C39H39N11O7/c51-31-5-4-30(36(53)43-31)50-37(54)26-3-2-24(17-27(26)38(50)55)47-20-25(21-47)45-10-6-23(7-11-45)48-19-22-16-29(34(44-32(22)39(48)56)46-12-14-57-15-13-46)42-35(52)28-18-41-49-9-1-8-40-33(28)49/h1-3,8-9,16-18,23,25,30H,4-7,10-15,19-21H2,(H,42,52)(H,43,51,53). The number of amides is 6. The van der Waals surface area contributed by atoms with Gasteiger partial charge in [-0.3, -0.25) is 43.9 Å². The molecular weight excluding hydrogens is 734 g/mol. The summed E-state index contributed by atoms with van der Waals surface area (Å²) in [7, 11) is 0. The van der Waals surface area contributed by atoms with Gasteiger partial charge < -0.3 is 24.8 Å². The molecule has 4 aromatic rings. The molecule has 292 valence electrons. The largest absolute Gasteiger partial charge is 0.378 e. The van der Waals surface area contributed by atoms with Crippen LogP contribution in [0.3, 0.4) is 0 Å². The van der Waals surface area contributed by atoms with E-state index in [1.54, 1.807) is 35.1 Å². The monoisotopic (exact) mass is 773 g/mol. The molecule has 6 amide bonds. The van der Waals surface area contributed by atoms with Crippen LogP contribution in [-0.4, -0.2) is 140 Å². The maximum atomic E-state index is 14.0. The molecule has 57 heavy (non-hydrogen) atoms. The Labute approximate surface area is 325 Å². The molecular formula is C39H39N11O7. The van der Waals surface area contributed by atoms with Gasteiger partial charge in [-0.25, -0.2) is 14.5 Å².